The van der Waals surface area contributed by atoms with Crippen LogP contribution in [-0.4, -0.2) is 29.3 Å². The topological polar surface area (TPSA) is 90.4 Å². The minimum Gasteiger partial charge on any atom is -0.472 e. The van der Waals surface area contributed by atoms with E-state index in [-0.39, 0.29) is 23.8 Å². The standard InChI is InChI=1S/C16H21N3O4/c1-10(2)14-18-16(23-19-14)13(11-3-6-21-7-4-11)17-15(20)12-5-8-22-9-12/h5,8-11,13H,3-4,6-7H2,1-2H3,(H,17,20)/t13-/m1/s1. The highest BCUT2D eigenvalue weighted by molar-refractivity contribution is 5.93. The van der Waals surface area contributed by atoms with Gasteiger partial charge in [0.05, 0.1) is 11.8 Å². The largest absolute Gasteiger partial charge is 0.472 e. The molecule has 1 aliphatic heterocycles. The molecule has 7 nitrogen and oxygen atoms in total. The van der Waals surface area contributed by atoms with Crippen molar-refractivity contribution in [1.29, 1.82) is 0 Å². The zero-order valence-corrected chi connectivity index (χ0v) is 13.3. The quantitative estimate of drug-likeness (QED) is 0.911. The van der Waals surface area contributed by atoms with E-state index in [1.54, 1.807) is 6.07 Å². The van der Waals surface area contributed by atoms with Crippen LogP contribution in [0.3, 0.4) is 0 Å². The molecule has 0 aromatic carbocycles. The summed E-state index contributed by atoms with van der Waals surface area (Å²) < 4.78 is 15.8. The van der Waals surface area contributed by atoms with E-state index in [0.29, 0.717) is 30.5 Å². The first-order chi connectivity index (χ1) is 11.1. The molecule has 0 radical (unpaired) electrons. The van der Waals surface area contributed by atoms with E-state index in [9.17, 15) is 4.79 Å². The molecule has 0 unspecified atom stereocenters. The fourth-order valence-electron chi connectivity index (χ4n) is 2.66. The number of carbonyl (C=O) groups excluding carboxylic acids is 1. The second-order valence-electron chi connectivity index (χ2n) is 6.06. The van der Waals surface area contributed by atoms with E-state index in [4.69, 9.17) is 13.7 Å². The number of ether oxygens (including phenoxy) is 1. The maximum Gasteiger partial charge on any atom is 0.255 e. The first-order valence-corrected chi connectivity index (χ1v) is 7.89. The molecule has 1 N–H and O–H groups in total. The number of hydrogen-bond acceptors (Lipinski definition) is 6. The summed E-state index contributed by atoms with van der Waals surface area (Å²) in [6.45, 7) is 5.35. The highest BCUT2D eigenvalue weighted by Gasteiger charge is 2.32. The Bertz CT molecular complexity index is 630. The number of rotatable bonds is 5. The number of hydrogen-bond donors (Lipinski definition) is 1. The molecule has 0 aliphatic carbocycles. The predicted octanol–water partition coefficient (Wildman–Crippen LogP) is 2.68. The van der Waals surface area contributed by atoms with E-state index >= 15 is 0 Å². The Morgan fingerprint density at radius 1 is 1.35 bits per heavy atom. The first kappa shape index (κ1) is 15.7. The molecule has 1 saturated heterocycles. The van der Waals surface area contributed by atoms with Crippen molar-refractivity contribution in [3.63, 3.8) is 0 Å². The van der Waals surface area contributed by atoms with Gasteiger partial charge >= 0.3 is 0 Å². The lowest BCUT2D eigenvalue weighted by Gasteiger charge is -2.28. The monoisotopic (exact) mass is 319 g/mol. The Kier molecular flexibility index (Phi) is 4.76. The van der Waals surface area contributed by atoms with Gasteiger partial charge in [-0.1, -0.05) is 19.0 Å². The van der Waals surface area contributed by atoms with Crippen LogP contribution < -0.4 is 5.32 Å². The maximum atomic E-state index is 12.4. The van der Waals surface area contributed by atoms with Crippen molar-refractivity contribution in [3.05, 3.63) is 35.9 Å². The zero-order chi connectivity index (χ0) is 16.2. The molecule has 1 amide bonds. The van der Waals surface area contributed by atoms with Crippen LogP contribution in [0.1, 0.15) is 60.7 Å². The fraction of sp³-hybridized carbons (Fsp3) is 0.562. The first-order valence-electron chi connectivity index (χ1n) is 7.89. The predicted molar refractivity (Wildman–Crippen MR) is 80.8 cm³/mol. The number of aromatic nitrogens is 2. The van der Waals surface area contributed by atoms with Gasteiger partial charge in [-0.2, -0.15) is 4.98 Å². The summed E-state index contributed by atoms with van der Waals surface area (Å²) in [4.78, 5) is 16.8. The van der Waals surface area contributed by atoms with E-state index < -0.39 is 0 Å². The lowest BCUT2D eigenvalue weighted by molar-refractivity contribution is 0.0467. The molecule has 1 aliphatic rings. The van der Waals surface area contributed by atoms with Crippen LogP contribution in [0.2, 0.25) is 0 Å². The highest BCUT2D eigenvalue weighted by Crippen LogP contribution is 2.30. The fourth-order valence-corrected chi connectivity index (χ4v) is 2.66. The Labute approximate surface area is 134 Å². The van der Waals surface area contributed by atoms with Gasteiger partial charge in [0.25, 0.3) is 5.91 Å². The van der Waals surface area contributed by atoms with Crippen molar-refractivity contribution in [3.8, 4) is 0 Å². The van der Waals surface area contributed by atoms with Crippen LogP contribution in [-0.2, 0) is 4.74 Å². The molecule has 0 saturated carbocycles. The highest BCUT2D eigenvalue weighted by atomic mass is 16.5. The van der Waals surface area contributed by atoms with Crippen LogP contribution in [0.25, 0.3) is 0 Å². The minimum atomic E-state index is -0.318. The number of nitrogens with zero attached hydrogens (tertiary/aromatic N) is 2. The summed E-state index contributed by atoms with van der Waals surface area (Å²) in [5, 5.41) is 7.02. The molecule has 124 valence electrons. The van der Waals surface area contributed by atoms with Gasteiger partial charge in [-0.05, 0) is 24.8 Å². The van der Waals surface area contributed by atoms with Crippen molar-refractivity contribution in [2.75, 3.05) is 13.2 Å². The molecule has 7 heteroatoms. The van der Waals surface area contributed by atoms with E-state index in [1.807, 2.05) is 13.8 Å². The third kappa shape index (κ3) is 3.61. The Hall–Kier alpha value is -2.15. The van der Waals surface area contributed by atoms with Crippen LogP contribution in [0.4, 0.5) is 0 Å². The second-order valence-corrected chi connectivity index (χ2v) is 6.06. The average Bonchev–Trinajstić information content (AvgIpc) is 3.24. The van der Waals surface area contributed by atoms with E-state index in [2.05, 4.69) is 15.5 Å². The van der Waals surface area contributed by atoms with Crippen LogP contribution in [0.5, 0.6) is 0 Å². The average molecular weight is 319 g/mol. The molecular weight excluding hydrogens is 298 g/mol. The molecule has 1 fully saturated rings. The summed E-state index contributed by atoms with van der Waals surface area (Å²) in [5.41, 5.74) is 0.477. The number of nitrogens with one attached hydrogen (secondary N) is 1. The zero-order valence-electron chi connectivity index (χ0n) is 13.3. The molecule has 1 atom stereocenters. The van der Waals surface area contributed by atoms with Gasteiger partial charge in [0.1, 0.15) is 12.3 Å². The van der Waals surface area contributed by atoms with Crippen molar-refractivity contribution in [1.82, 2.24) is 15.5 Å². The summed E-state index contributed by atoms with van der Waals surface area (Å²) in [6.07, 6.45) is 4.58. The number of amides is 1. The normalized spacial score (nSPS) is 17.3. The molecule has 3 rings (SSSR count). The van der Waals surface area contributed by atoms with Gasteiger partial charge in [-0.25, -0.2) is 0 Å². The summed E-state index contributed by atoms with van der Waals surface area (Å²) in [7, 11) is 0. The van der Waals surface area contributed by atoms with E-state index in [1.165, 1.54) is 12.5 Å². The second kappa shape index (κ2) is 6.95. The van der Waals surface area contributed by atoms with Crippen LogP contribution in [0, 0.1) is 5.92 Å². The summed E-state index contributed by atoms with van der Waals surface area (Å²) in [5.74, 6) is 1.28. The molecule has 0 bridgehead atoms. The van der Waals surface area contributed by atoms with Gasteiger partial charge in [0.2, 0.25) is 5.89 Å². The third-order valence-electron chi connectivity index (χ3n) is 4.05. The molecule has 23 heavy (non-hydrogen) atoms. The van der Waals surface area contributed by atoms with Crippen molar-refractivity contribution < 1.29 is 18.5 Å². The maximum absolute atomic E-state index is 12.4. The molecular formula is C16H21N3O4. The molecule has 0 spiro atoms. The van der Waals surface area contributed by atoms with Gasteiger partial charge in [0, 0.05) is 19.1 Å². The van der Waals surface area contributed by atoms with Crippen LogP contribution in [0.15, 0.2) is 27.5 Å². The van der Waals surface area contributed by atoms with Gasteiger partial charge in [-0.3, -0.25) is 4.79 Å². The minimum absolute atomic E-state index is 0.174. The van der Waals surface area contributed by atoms with Crippen molar-refractivity contribution in [2.45, 2.75) is 38.6 Å². The summed E-state index contributed by atoms with van der Waals surface area (Å²) >= 11 is 0. The van der Waals surface area contributed by atoms with Gasteiger partial charge < -0.3 is 19.0 Å². The van der Waals surface area contributed by atoms with Crippen molar-refractivity contribution >= 4 is 5.91 Å². The third-order valence-corrected chi connectivity index (χ3v) is 4.05. The Morgan fingerprint density at radius 2 is 2.13 bits per heavy atom. The Morgan fingerprint density at radius 3 is 2.74 bits per heavy atom. The van der Waals surface area contributed by atoms with Crippen LogP contribution >= 0.6 is 0 Å². The molecule has 2 aromatic rings. The SMILES string of the molecule is CC(C)c1noc([C@H](NC(=O)c2ccoc2)C2CCOCC2)n1. The lowest BCUT2D eigenvalue weighted by Crippen LogP contribution is -2.36. The smallest absolute Gasteiger partial charge is 0.255 e. The van der Waals surface area contributed by atoms with E-state index in [0.717, 1.165) is 12.8 Å². The van der Waals surface area contributed by atoms with Gasteiger partial charge in [0.15, 0.2) is 5.82 Å². The number of carbonyl (C=O) groups is 1. The van der Waals surface area contributed by atoms with Gasteiger partial charge in [-0.15, -0.1) is 0 Å². The summed E-state index contributed by atoms with van der Waals surface area (Å²) in [6, 6.07) is 1.31. The Balaban J connectivity index is 1.81. The number of furan rings is 1. The van der Waals surface area contributed by atoms with Crippen molar-refractivity contribution in [2.24, 2.45) is 5.92 Å². The molecule has 2 aromatic heterocycles. The lowest BCUT2D eigenvalue weighted by atomic mass is 9.91. The molecule has 3 heterocycles.